The molecule has 4 aromatic rings. The van der Waals surface area contributed by atoms with Crippen molar-refractivity contribution < 1.29 is 8.78 Å². The van der Waals surface area contributed by atoms with Gasteiger partial charge in [0.05, 0.1) is 28.8 Å². The molecule has 0 bridgehead atoms. The first-order valence-corrected chi connectivity index (χ1v) is 9.11. The number of rotatable bonds is 4. The fraction of sp³-hybridized carbons (Fsp3) is 0.136. The molecule has 4 rings (SSSR count). The number of nitrogens with one attached hydrogen (secondary N) is 1. The molecule has 4 aromatic heterocycles. The molecule has 0 atom stereocenters. The predicted molar refractivity (Wildman–Crippen MR) is 106 cm³/mol. The van der Waals surface area contributed by atoms with Crippen molar-refractivity contribution in [1.82, 2.24) is 24.9 Å². The van der Waals surface area contributed by atoms with Gasteiger partial charge in [-0.15, -0.1) is 0 Å². The van der Waals surface area contributed by atoms with Crippen LogP contribution in [0.15, 0.2) is 54.7 Å². The number of imidazole rings is 1. The summed E-state index contributed by atoms with van der Waals surface area (Å²) in [5.74, 6) is -1.31. The highest BCUT2D eigenvalue weighted by Gasteiger charge is 2.27. The van der Waals surface area contributed by atoms with Crippen molar-refractivity contribution in [2.24, 2.45) is 0 Å². The summed E-state index contributed by atoms with van der Waals surface area (Å²) in [6.07, 6.45) is 1.45. The summed E-state index contributed by atoms with van der Waals surface area (Å²) in [7, 11) is 0. The van der Waals surface area contributed by atoms with Gasteiger partial charge in [-0.2, -0.15) is 19.0 Å². The van der Waals surface area contributed by atoms with Crippen molar-refractivity contribution in [1.29, 1.82) is 5.26 Å². The number of H-pyrrole nitrogens is 1. The quantitative estimate of drug-likeness (QED) is 0.511. The zero-order chi connectivity index (χ0) is 21.3. The Morgan fingerprint density at radius 3 is 2.20 bits per heavy atom. The highest BCUT2D eigenvalue weighted by Crippen LogP contribution is 2.31. The van der Waals surface area contributed by atoms with Crippen LogP contribution in [-0.4, -0.2) is 24.9 Å². The maximum Gasteiger partial charge on any atom is 0.224 e. The van der Waals surface area contributed by atoms with E-state index in [0.29, 0.717) is 28.6 Å². The predicted octanol–water partition coefficient (Wildman–Crippen LogP) is 4.40. The van der Waals surface area contributed by atoms with Crippen LogP contribution in [0.25, 0.3) is 22.8 Å². The van der Waals surface area contributed by atoms with E-state index >= 15 is 0 Å². The number of hydrogen-bond acceptors (Lipinski definition) is 5. The van der Waals surface area contributed by atoms with E-state index in [4.69, 9.17) is 10.2 Å². The van der Waals surface area contributed by atoms with Crippen LogP contribution in [0.3, 0.4) is 0 Å². The van der Waals surface area contributed by atoms with E-state index in [0.717, 1.165) is 11.8 Å². The fourth-order valence-corrected chi connectivity index (χ4v) is 3.09. The number of nitriles is 1. The number of halogens is 2. The molecule has 148 valence electrons. The van der Waals surface area contributed by atoms with Gasteiger partial charge in [-0.25, -0.2) is 9.97 Å². The van der Waals surface area contributed by atoms with Crippen LogP contribution in [0.4, 0.5) is 8.78 Å². The van der Waals surface area contributed by atoms with Gasteiger partial charge in [0.1, 0.15) is 17.5 Å². The van der Waals surface area contributed by atoms with E-state index in [9.17, 15) is 8.78 Å². The Morgan fingerprint density at radius 1 is 0.900 bits per heavy atom. The van der Waals surface area contributed by atoms with Crippen LogP contribution in [-0.2, 0) is 5.41 Å². The monoisotopic (exact) mass is 402 g/mol. The van der Waals surface area contributed by atoms with Gasteiger partial charge in [-0.1, -0.05) is 12.1 Å². The van der Waals surface area contributed by atoms with Gasteiger partial charge in [0.15, 0.2) is 5.82 Å². The molecule has 0 aliphatic rings. The van der Waals surface area contributed by atoms with E-state index < -0.39 is 17.3 Å². The smallest absolute Gasteiger partial charge is 0.224 e. The zero-order valence-electron chi connectivity index (χ0n) is 16.2. The average molecular weight is 402 g/mol. The molecule has 0 spiro atoms. The Bertz CT molecular complexity index is 1270. The lowest BCUT2D eigenvalue weighted by Crippen LogP contribution is -2.22. The van der Waals surface area contributed by atoms with Gasteiger partial charge in [0.2, 0.25) is 11.9 Å². The Morgan fingerprint density at radius 2 is 1.57 bits per heavy atom. The fourth-order valence-electron chi connectivity index (χ4n) is 3.09. The number of aromatic amines is 1. The van der Waals surface area contributed by atoms with E-state index in [1.54, 1.807) is 18.2 Å². The molecule has 0 aromatic carbocycles. The van der Waals surface area contributed by atoms with E-state index in [-0.39, 0.29) is 5.56 Å². The SMILES string of the molecule is CC(C)(c1cccc(-c2ncc(C#N)[nH]2)n1)c1cccc(-c2ccc(F)nc2F)n1. The number of nitrogens with zero attached hydrogens (tertiary/aromatic N) is 5. The molecule has 6 nitrogen and oxygen atoms in total. The second kappa shape index (κ2) is 7.44. The molecule has 0 amide bonds. The molecule has 1 N–H and O–H groups in total. The lowest BCUT2D eigenvalue weighted by molar-refractivity contribution is 0.514. The zero-order valence-corrected chi connectivity index (χ0v) is 16.2. The van der Waals surface area contributed by atoms with Crippen molar-refractivity contribution in [2.45, 2.75) is 19.3 Å². The minimum Gasteiger partial charge on any atom is -0.328 e. The molecule has 4 heterocycles. The van der Waals surface area contributed by atoms with Crippen LogP contribution in [0.2, 0.25) is 0 Å². The lowest BCUT2D eigenvalue weighted by atomic mass is 9.84. The standard InChI is InChI=1S/C22H16F2N6/c1-22(2,18-8-4-6-16(29-18)21-26-12-13(11-25)27-21)17-7-3-5-15(28-17)14-9-10-19(23)30-20(14)24/h3-10,12H,1-2H3,(H,26,27). The highest BCUT2D eigenvalue weighted by atomic mass is 19.1. The molecule has 30 heavy (non-hydrogen) atoms. The summed E-state index contributed by atoms with van der Waals surface area (Å²) >= 11 is 0. The molecule has 0 unspecified atom stereocenters. The Balaban J connectivity index is 1.74. The Hall–Kier alpha value is -3.99. The third kappa shape index (κ3) is 3.53. The lowest BCUT2D eigenvalue weighted by Gasteiger charge is -2.24. The number of hydrogen-bond donors (Lipinski definition) is 1. The number of aromatic nitrogens is 5. The first-order valence-electron chi connectivity index (χ1n) is 9.11. The number of pyridine rings is 3. The van der Waals surface area contributed by atoms with Crippen molar-refractivity contribution in [3.8, 4) is 28.8 Å². The van der Waals surface area contributed by atoms with Gasteiger partial charge in [-0.05, 0) is 50.2 Å². The third-order valence-electron chi connectivity index (χ3n) is 4.81. The van der Waals surface area contributed by atoms with Gasteiger partial charge in [0.25, 0.3) is 0 Å². The second-order valence-electron chi connectivity index (χ2n) is 7.17. The maximum absolute atomic E-state index is 14.1. The van der Waals surface area contributed by atoms with Gasteiger partial charge >= 0.3 is 0 Å². The summed E-state index contributed by atoms with van der Waals surface area (Å²) in [6, 6.07) is 15.2. The van der Waals surface area contributed by atoms with Crippen LogP contribution < -0.4 is 0 Å². The molecule has 0 aliphatic carbocycles. The molecule has 0 aliphatic heterocycles. The molecular formula is C22H16F2N6. The largest absolute Gasteiger partial charge is 0.328 e. The Kier molecular flexibility index (Phi) is 4.80. The van der Waals surface area contributed by atoms with E-state index in [2.05, 4.69) is 19.9 Å². The summed E-state index contributed by atoms with van der Waals surface area (Å²) in [5, 5.41) is 8.98. The Labute approximate surface area is 171 Å². The summed E-state index contributed by atoms with van der Waals surface area (Å²) in [5.41, 5.74) is 2.16. The minimum absolute atomic E-state index is 0.121. The summed E-state index contributed by atoms with van der Waals surface area (Å²) in [4.78, 5) is 19.6. The molecule has 0 saturated heterocycles. The van der Waals surface area contributed by atoms with Crippen molar-refractivity contribution in [3.63, 3.8) is 0 Å². The summed E-state index contributed by atoms with van der Waals surface area (Å²) in [6.45, 7) is 3.90. The van der Waals surface area contributed by atoms with Gasteiger partial charge in [0, 0.05) is 5.41 Å². The van der Waals surface area contributed by atoms with Crippen LogP contribution in [0.5, 0.6) is 0 Å². The normalized spacial score (nSPS) is 11.3. The molecule has 8 heteroatoms. The van der Waals surface area contributed by atoms with Gasteiger partial charge in [-0.3, -0.25) is 4.98 Å². The van der Waals surface area contributed by atoms with Crippen LogP contribution in [0.1, 0.15) is 30.9 Å². The maximum atomic E-state index is 14.1. The topological polar surface area (TPSA) is 91.1 Å². The summed E-state index contributed by atoms with van der Waals surface area (Å²) < 4.78 is 27.3. The molecule has 0 saturated carbocycles. The van der Waals surface area contributed by atoms with E-state index in [1.165, 1.54) is 12.3 Å². The second-order valence-corrected chi connectivity index (χ2v) is 7.17. The van der Waals surface area contributed by atoms with Crippen LogP contribution in [0, 0.1) is 23.2 Å². The molecular weight excluding hydrogens is 386 g/mol. The average Bonchev–Trinajstić information content (AvgIpc) is 3.23. The molecule has 0 radical (unpaired) electrons. The van der Waals surface area contributed by atoms with Crippen LogP contribution >= 0.6 is 0 Å². The van der Waals surface area contributed by atoms with E-state index in [1.807, 2.05) is 38.1 Å². The van der Waals surface area contributed by atoms with Gasteiger partial charge < -0.3 is 4.98 Å². The molecule has 0 fully saturated rings. The first kappa shape index (κ1) is 19.3. The highest BCUT2D eigenvalue weighted by molar-refractivity contribution is 5.59. The minimum atomic E-state index is -0.913. The third-order valence-corrected chi connectivity index (χ3v) is 4.81. The first-order chi connectivity index (χ1) is 14.4. The van der Waals surface area contributed by atoms with Crippen molar-refractivity contribution >= 4 is 0 Å². The van der Waals surface area contributed by atoms with Crippen molar-refractivity contribution in [3.05, 3.63) is 83.7 Å². The van der Waals surface area contributed by atoms with Crippen molar-refractivity contribution in [2.75, 3.05) is 0 Å².